The lowest BCUT2D eigenvalue weighted by Gasteiger charge is -2.03. The number of rotatable bonds is 21. The van der Waals surface area contributed by atoms with Crippen LogP contribution in [0.2, 0.25) is 0 Å². The summed E-state index contributed by atoms with van der Waals surface area (Å²) in [6.07, 6.45) is 29.4. The van der Waals surface area contributed by atoms with E-state index in [9.17, 15) is 0 Å². The minimum Gasteiger partial charge on any atom is -0.346 e. The molecule has 0 amide bonds. The molecule has 0 aliphatic heterocycles. The van der Waals surface area contributed by atoms with E-state index in [-0.39, 0.29) is 0 Å². The summed E-state index contributed by atoms with van der Waals surface area (Å²) < 4.78 is 0. The maximum absolute atomic E-state index is 4.58. The molecule has 1 aromatic heterocycles. The van der Waals surface area contributed by atoms with Crippen molar-refractivity contribution in [2.24, 2.45) is 0 Å². The molecular weight excluding hydrogens is 388 g/mol. The van der Waals surface area contributed by atoms with Crippen molar-refractivity contribution >= 4 is 0 Å². The highest BCUT2D eigenvalue weighted by Crippen LogP contribution is 2.14. The van der Waals surface area contributed by atoms with Gasteiger partial charge in [0.1, 0.15) is 5.82 Å². The Labute approximate surface area is 199 Å². The fraction of sp³-hybridized carbons (Fsp3) is 0.700. The Morgan fingerprint density at radius 3 is 1.66 bits per heavy atom. The van der Waals surface area contributed by atoms with Crippen molar-refractivity contribution in [2.75, 3.05) is 0 Å². The summed E-state index contributed by atoms with van der Waals surface area (Å²) in [5.41, 5.74) is 2.75. The predicted molar refractivity (Wildman–Crippen MR) is 140 cm³/mol. The number of unbranched alkanes of at least 4 members (excludes halogenated alkanes) is 15. The fourth-order valence-electron chi connectivity index (χ4n) is 4.63. The van der Waals surface area contributed by atoms with Crippen LogP contribution in [-0.4, -0.2) is 9.97 Å². The summed E-state index contributed by atoms with van der Waals surface area (Å²) in [6, 6.07) is 10.8. The van der Waals surface area contributed by atoms with Crippen molar-refractivity contribution in [2.45, 2.75) is 135 Å². The van der Waals surface area contributed by atoms with Gasteiger partial charge in [-0.1, -0.05) is 134 Å². The highest BCUT2D eigenvalue weighted by molar-refractivity contribution is 5.14. The van der Waals surface area contributed by atoms with E-state index in [1.54, 1.807) is 0 Å². The monoisotopic (exact) mass is 438 g/mol. The van der Waals surface area contributed by atoms with Gasteiger partial charge in [0, 0.05) is 18.3 Å². The number of aromatic amines is 1. The molecular formula is C30H50N2. The summed E-state index contributed by atoms with van der Waals surface area (Å²) in [5.74, 6) is 1.16. The molecule has 0 saturated heterocycles. The minimum absolute atomic E-state index is 1.05. The molecule has 0 unspecified atom stereocenters. The molecule has 2 aromatic rings. The third kappa shape index (κ3) is 13.8. The quantitative estimate of drug-likeness (QED) is 0.193. The molecule has 0 radical (unpaired) electrons. The topological polar surface area (TPSA) is 28.7 Å². The lowest BCUT2D eigenvalue weighted by molar-refractivity contribution is 0.529. The number of H-pyrrole nitrogens is 1. The zero-order valence-corrected chi connectivity index (χ0v) is 21.1. The Morgan fingerprint density at radius 1 is 0.562 bits per heavy atom. The van der Waals surface area contributed by atoms with Crippen LogP contribution in [0.25, 0.3) is 0 Å². The second-order valence-electron chi connectivity index (χ2n) is 9.75. The lowest BCUT2D eigenvalue weighted by Crippen LogP contribution is -1.93. The first-order chi connectivity index (χ1) is 15.9. The maximum atomic E-state index is 4.58. The van der Waals surface area contributed by atoms with Crippen molar-refractivity contribution < 1.29 is 0 Å². The molecule has 0 fully saturated rings. The van der Waals surface area contributed by atoms with E-state index in [1.165, 1.54) is 114 Å². The van der Waals surface area contributed by atoms with Crippen LogP contribution in [0.5, 0.6) is 0 Å². The number of aryl methyl sites for hydroxylation is 3. The maximum Gasteiger partial charge on any atom is 0.106 e. The molecule has 0 spiro atoms. The van der Waals surface area contributed by atoms with E-state index in [2.05, 4.69) is 53.4 Å². The molecule has 0 aliphatic carbocycles. The van der Waals surface area contributed by atoms with E-state index in [0.29, 0.717) is 0 Å². The van der Waals surface area contributed by atoms with Crippen molar-refractivity contribution in [1.82, 2.24) is 9.97 Å². The zero-order valence-electron chi connectivity index (χ0n) is 21.1. The van der Waals surface area contributed by atoms with Crippen LogP contribution in [0.1, 0.15) is 133 Å². The summed E-state index contributed by atoms with van der Waals surface area (Å²) in [6.45, 7) is 2.30. The number of nitrogens with zero attached hydrogens (tertiary/aromatic N) is 1. The van der Waals surface area contributed by atoms with Gasteiger partial charge in [-0.2, -0.15) is 0 Å². The Hall–Kier alpha value is -1.57. The molecule has 2 rings (SSSR count). The lowest BCUT2D eigenvalue weighted by atomic mass is 10.0. The van der Waals surface area contributed by atoms with Gasteiger partial charge < -0.3 is 4.98 Å². The molecule has 1 aromatic carbocycles. The van der Waals surface area contributed by atoms with E-state index >= 15 is 0 Å². The van der Waals surface area contributed by atoms with Crippen LogP contribution in [-0.2, 0) is 19.3 Å². The third-order valence-electron chi connectivity index (χ3n) is 6.70. The second-order valence-corrected chi connectivity index (χ2v) is 9.75. The molecule has 0 bridgehead atoms. The van der Waals surface area contributed by atoms with Gasteiger partial charge in [0.15, 0.2) is 0 Å². The molecule has 0 atom stereocenters. The number of hydrogen-bond donors (Lipinski definition) is 1. The second kappa shape index (κ2) is 18.9. The number of nitrogens with one attached hydrogen (secondary N) is 1. The minimum atomic E-state index is 1.05. The predicted octanol–water partition coefficient (Wildman–Crippen LogP) is 9.39. The molecule has 180 valence electrons. The first kappa shape index (κ1) is 26.7. The summed E-state index contributed by atoms with van der Waals surface area (Å²) in [5, 5.41) is 0. The van der Waals surface area contributed by atoms with Crippen molar-refractivity contribution in [3.8, 4) is 0 Å². The Bertz CT molecular complexity index is 646. The van der Waals surface area contributed by atoms with E-state index in [0.717, 1.165) is 31.5 Å². The molecule has 0 aliphatic rings. The van der Waals surface area contributed by atoms with E-state index in [1.807, 2.05) is 0 Å². The number of hydrogen-bond acceptors (Lipinski definition) is 1. The molecule has 32 heavy (non-hydrogen) atoms. The zero-order chi connectivity index (χ0) is 22.5. The number of benzene rings is 1. The average molecular weight is 439 g/mol. The summed E-state index contributed by atoms with van der Waals surface area (Å²) in [4.78, 5) is 8.12. The highest BCUT2D eigenvalue weighted by Gasteiger charge is 2.02. The Balaban J connectivity index is 1.33. The normalized spacial score (nSPS) is 11.3. The highest BCUT2D eigenvalue weighted by atomic mass is 14.9. The van der Waals surface area contributed by atoms with E-state index in [4.69, 9.17) is 0 Å². The largest absolute Gasteiger partial charge is 0.346 e. The Morgan fingerprint density at radius 2 is 1.09 bits per heavy atom. The van der Waals surface area contributed by atoms with Crippen LogP contribution >= 0.6 is 0 Å². The van der Waals surface area contributed by atoms with Gasteiger partial charge in [-0.3, -0.25) is 0 Å². The van der Waals surface area contributed by atoms with Gasteiger partial charge in [0.25, 0.3) is 0 Å². The van der Waals surface area contributed by atoms with Gasteiger partial charge in [-0.05, 0) is 31.2 Å². The molecule has 2 nitrogen and oxygen atoms in total. The van der Waals surface area contributed by atoms with Crippen LogP contribution in [0.4, 0.5) is 0 Å². The summed E-state index contributed by atoms with van der Waals surface area (Å²) in [7, 11) is 0. The van der Waals surface area contributed by atoms with Gasteiger partial charge in [0.05, 0.1) is 0 Å². The van der Waals surface area contributed by atoms with Crippen LogP contribution in [0.3, 0.4) is 0 Å². The smallest absolute Gasteiger partial charge is 0.106 e. The molecule has 0 saturated carbocycles. The molecule has 1 N–H and O–H groups in total. The summed E-state index contributed by atoms with van der Waals surface area (Å²) >= 11 is 0. The van der Waals surface area contributed by atoms with Crippen molar-refractivity contribution in [1.29, 1.82) is 0 Å². The van der Waals surface area contributed by atoms with Gasteiger partial charge in [-0.25, -0.2) is 4.98 Å². The van der Waals surface area contributed by atoms with Crippen molar-refractivity contribution in [3.63, 3.8) is 0 Å². The van der Waals surface area contributed by atoms with Crippen LogP contribution < -0.4 is 0 Å². The standard InChI is InChI=1S/C30H50N2/c1-2-3-4-5-6-7-8-9-10-11-12-13-14-15-16-20-25-29-27-31-30(32-29)26-21-24-28-22-18-17-19-23-28/h17-19,22-23,27H,2-16,20-21,24-26H2,1H3,(H,31,32). The Kier molecular flexibility index (Phi) is 15.8. The van der Waals surface area contributed by atoms with Gasteiger partial charge in [-0.15, -0.1) is 0 Å². The third-order valence-corrected chi connectivity index (χ3v) is 6.70. The number of aromatic nitrogens is 2. The average Bonchev–Trinajstić information content (AvgIpc) is 3.27. The van der Waals surface area contributed by atoms with E-state index < -0.39 is 0 Å². The van der Waals surface area contributed by atoms with Crippen molar-refractivity contribution in [3.05, 3.63) is 53.6 Å². The fourth-order valence-corrected chi connectivity index (χ4v) is 4.63. The SMILES string of the molecule is CCCCCCCCCCCCCCCCCCc1cnc(CCCc2ccccc2)[nH]1. The van der Waals surface area contributed by atoms with Gasteiger partial charge in [0.2, 0.25) is 0 Å². The van der Waals surface area contributed by atoms with Gasteiger partial charge >= 0.3 is 0 Å². The molecule has 2 heteroatoms. The van der Waals surface area contributed by atoms with Crippen LogP contribution in [0, 0.1) is 0 Å². The molecule has 1 heterocycles. The number of imidazole rings is 1. The first-order valence-electron chi connectivity index (χ1n) is 13.9. The van der Waals surface area contributed by atoms with Crippen LogP contribution in [0.15, 0.2) is 36.5 Å². The first-order valence-corrected chi connectivity index (χ1v) is 13.9.